The van der Waals surface area contributed by atoms with Crippen molar-refractivity contribution in [3.8, 4) is 6.07 Å². The normalized spacial score (nSPS) is 10.9. The van der Waals surface area contributed by atoms with Crippen LogP contribution in [0.2, 0.25) is 0 Å². The number of benzene rings is 1. The number of nitriles is 1. The van der Waals surface area contributed by atoms with Crippen molar-refractivity contribution in [1.82, 2.24) is 0 Å². The highest BCUT2D eigenvalue weighted by Gasteiger charge is 2.40. The summed E-state index contributed by atoms with van der Waals surface area (Å²) in [6, 6.07) is 1.11. The molecular formula is C11H6F6N4. The maximum absolute atomic E-state index is 13.0. The van der Waals surface area contributed by atoms with Crippen molar-refractivity contribution in [3.63, 3.8) is 0 Å². The number of nitrogens with zero attached hydrogens (tertiary/aromatic N) is 4. The van der Waals surface area contributed by atoms with Crippen LogP contribution >= 0.6 is 0 Å². The summed E-state index contributed by atoms with van der Waals surface area (Å²) in [7, 11) is 0. The fourth-order valence-corrected chi connectivity index (χ4v) is 1.92. The Hall–Kier alpha value is -2.40. The van der Waals surface area contributed by atoms with Crippen LogP contribution in [0.4, 0.5) is 32.0 Å². The molecule has 0 spiro atoms. The lowest BCUT2D eigenvalue weighted by Crippen LogP contribution is -2.15. The second-order valence-corrected chi connectivity index (χ2v) is 3.73. The predicted octanol–water partition coefficient (Wildman–Crippen LogP) is 4.93. The van der Waals surface area contributed by atoms with Crippen molar-refractivity contribution in [1.29, 1.82) is 5.26 Å². The Morgan fingerprint density at radius 3 is 1.90 bits per heavy atom. The molecule has 0 aliphatic heterocycles. The lowest BCUT2D eigenvalue weighted by molar-refractivity contribution is -0.138. The molecule has 0 bridgehead atoms. The van der Waals surface area contributed by atoms with Crippen LogP contribution in [0, 0.1) is 11.3 Å². The van der Waals surface area contributed by atoms with Gasteiger partial charge >= 0.3 is 6.18 Å². The molecule has 0 heterocycles. The summed E-state index contributed by atoms with van der Waals surface area (Å²) < 4.78 is 77.8. The molecule has 4 nitrogen and oxygen atoms in total. The molecule has 0 aromatic heterocycles. The van der Waals surface area contributed by atoms with Crippen LogP contribution in [0.5, 0.6) is 0 Å². The molecule has 0 radical (unpaired) electrons. The van der Waals surface area contributed by atoms with Crippen molar-refractivity contribution < 1.29 is 26.3 Å². The van der Waals surface area contributed by atoms with E-state index in [-0.39, 0.29) is 0 Å². The molecule has 1 rings (SSSR count). The highest BCUT2D eigenvalue weighted by molar-refractivity contribution is 5.66. The molecule has 0 atom stereocenters. The van der Waals surface area contributed by atoms with Gasteiger partial charge in [-0.15, -0.1) is 0 Å². The zero-order valence-electron chi connectivity index (χ0n) is 10.2. The fraction of sp³-hybridized carbons (Fsp3) is 0.364. The van der Waals surface area contributed by atoms with E-state index in [1.807, 2.05) is 0 Å². The lowest BCUT2D eigenvalue weighted by atomic mass is 9.90. The molecule has 0 unspecified atom stereocenters. The maximum atomic E-state index is 13.0. The van der Waals surface area contributed by atoms with E-state index in [4.69, 9.17) is 10.8 Å². The molecule has 0 saturated carbocycles. The summed E-state index contributed by atoms with van der Waals surface area (Å²) in [4.78, 5) is 2.20. The van der Waals surface area contributed by atoms with Crippen LogP contribution in [0.25, 0.3) is 10.4 Å². The smallest absolute Gasteiger partial charge is 0.246 e. The van der Waals surface area contributed by atoms with E-state index < -0.39 is 59.7 Å². The van der Waals surface area contributed by atoms with E-state index in [0.29, 0.717) is 0 Å². The molecular weight excluding hydrogens is 302 g/mol. The zero-order valence-corrected chi connectivity index (χ0v) is 10.2. The van der Waals surface area contributed by atoms with E-state index in [9.17, 15) is 26.3 Å². The van der Waals surface area contributed by atoms with Gasteiger partial charge in [-0.1, -0.05) is 5.11 Å². The van der Waals surface area contributed by atoms with E-state index in [2.05, 4.69) is 10.0 Å². The Labute approximate surface area is 114 Å². The minimum atomic E-state index is -5.19. The summed E-state index contributed by atoms with van der Waals surface area (Å²) in [6.07, 6.45) is -5.19. The minimum Gasteiger partial charge on any atom is -0.246 e. The van der Waals surface area contributed by atoms with Crippen LogP contribution in [0.15, 0.2) is 5.11 Å². The van der Waals surface area contributed by atoms with Crippen LogP contribution in [0.3, 0.4) is 0 Å². The molecule has 0 fully saturated rings. The second kappa shape index (κ2) is 6.37. The first-order valence-corrected chi connectivity index (χ1v) is 5.28. The number of alkyl halides is 6. The van der Waals surface area contributed by atoms with Gasteiger partial charge in [0.15, 0.2) is 0 Å². The standard InChI is InChI=1S/C11H6F6N4/c12-1-5-6(2-13)10(20-21-19)7(3-14)9(8(5)4-18)11(15,16)17/h1-3H2. The summed E-state index contributed by atoms with van der Waals surface area (Å²) in [5, 5.41) is 11.6. The van der Waals surface area contributed by atoms with Gasteiger partial charge < -0.3 is 0 Å². The Morgan fingerprint density at radius 2 is 1.57 bits per heavy atom. The fourth-order valence-electron chi connectivity index (χ4n) is 1.92. The molecule has 0 N–H and O–H groups in total. The highest BCUT2D eigenvalue weighted by Crippen LogP contribution is 2.43. The average molecular weight is 308 g/mol. The number of rotatable bonds is 4. The van der Waals surface area contributed by atoms with Crippen LogP contribution in [-0.4, -0.2) is 0 Å². The van der Waals surface area contributed by atoms with Gasteiger partial charge in [0.25, 0.3) is 0 Å². The van der Waals surface area contributed by atoms with Gasteiger partial charge in [-0.05, 0) is 11.1 Å². The Kier molecular flexibility index (Phi) is 5.05. The van der Waals surface area contributed by atoms with Gasteiger partial charge in [-0.25, -0.2) is 13.2 Å². The van der Waals surface area contributed by atoms with Gasteiger partial charge in [0.05, 0.1) is 16.8 Å². The van der Waals surface area contributed by atoms with Crippen molar-refractivity contribution in [2.75, 3.05) is 0 Å². The number of halogens is 6. The third-order valence-electron chi connectivity index (χ3n) is 2.73. The quantitative estimate of drug-likeness (QED) is 0.336. The van der Waals surface area contributed by atoms with Crippen molar-refractivity contribution in [2.45, 2.75) is 26.2 Å². The minimum absolute atomic E-state index is 0.757. The Bertz CT molecular complexity index is 640. The van der Waals surface area contributed by atoms with Crippen molar-refractivity contribution in [2.24, 2.45) is 5.11 Å². The van der Waals surface area contributed by atoms with Crippen molar-refractivity contribution >= 4 is 5.69 Å². The van der Waals surface area contributed by atoms with Crippen LogP contribution in [0.1, 0.15) is 27.8 Å². The number of hydrogen-bond donors (Lipinski definition) is 0. The van der Waals surface area contributed by atoms with Gasteiger partial charge in [0.2, 0.25) is 0 Å². The van der Waals surface area contributed by atoms with E-state index in [1.165, 1.54) is 0 Å². The van der Waals surface area contributed by atoms with E-state index >= 15 is 0 Å². The maximum Gasteiger partial charge on any atom is 0.418 e. The summed E-state index contributed by atoms with van der Waals surface area (Å²) in [6.45, 7) is -4.85. The highest BCUT2D eigenvalue weighted by atomic mass is 19.4. The first-order chi connectivity index (χ1) is 9.87. The monoisotopic (exact) mass is 308 g/mol. The first-order valence-electron chi connectivity index (χ1n) is 5.28. The Balaban J connectivity index is 4.09. The van der Waals surface area contributed by atoms with Crippen LogP contribution < -0.4 is 0 Å². The SMILES string of the molecule is N#Cc1c(CF)c(CF)c(N=[N+]=[N-])c(CF)c1C(F)(F)F. The van der Waals surface area contributed by atoms with E-state index in [0.717, 1.165) is 6.07 Å². The molecule has 0 aliphatic carbocycles. The number of azide groups is 1. The molecule has 112 valence electrons. The third-order valence-corrected chi connectivity index (χ3v) is 2.73. The first kappa shape index (κ1) is 16.7. The molecule has 0 saturated heterocycles. The van der Waals surface area contributed by atoms with Gasteiger partial charge in [-0.2, -0.15) is 18.4 Å². The lowest BCUT2D eigenvalue weighted by Gasteiger charge is -2.20. The van der Waals surface area contributed by atoms with Gasteiger partial charge in [0.1, 0.15) is 26.1 Å². The summed E-state index contributed by atoms with van der Waals surface area (Å²) in [5.74, 6) is 0. The van der Waals surface area contributed by atoms with E-state index in [1.54, 1.807) is 0 Å². The average Bonchev–Trinajstić information content (AvgIpc) is 2.44. The zero-order chi connectivity index (χ0) is 16.2. The predicted molar refractivity (Wildman–Crippen MR) is 59.4 cm³/mol. The molecule has 1 aromatic rings. The van der Waals surface area contributed by atoms with Crippen molar-refractivity contribution in [3.05, 3.63) is 38.3 Å². The van der Waals surface area contributed by atoms with Gasteiger partial charge in [-0.3, -0.25) is 0 Å². The summed E-state index contributed by atoms with van der Waals surface area (Å²) >= 11 is 0. The van der Waals surface area contributed by atoms with Crippen LogP contribution in [-0.2, 0) is 26.2 Å². The molecule has 1 aromatic carbocycles. The number of hydrogen-bond acceptors (Lipinski definition) is 2. The second-order valence-electron chi connectivity index (χ2n) is 3.73. The molecule has 10 heteroatoms. The molecule has 0 amide bonds. The van der Waals surface area contributed by atoms with Gasteiger partial charge in [0, 0.05) is 16.0 Å². The third kappa shape index (κ3) is 2.87. The molecule has 21 heavy (non-hydrogen) atoms. The topological polar surface area (TPSA) is 72.5 Å². The summed E-state index contributed by atoms with van der Waals surface area (Å²) in [5.41, 5.74) is 1.56. The Morgan fingerprint density at radius 1 is 1.05 bits per heavy atom. The largest absolute Gasteiger partial charge is 0.418 e. The molecule has 0 aliphatic rings.